The summed E-state index contributed by atoms with van der Waals surface area (Å²) in [6.07, 6.45) is 3.30. The molecule has 0 aliphatic heterocycles. The van der Waals surface area contributed by atoms with Gasteiger partial charge in [0, 0.05) is 11.9 Å². The van der Waals surface area contributed by atoms with E-state index in [1.807, 2.05) is 11.3 Å². The third kappa shape index (κ3) is 2.56. The number of thiazole rings is 1. The normalized spacial score (nSPS) is 11.1. The van der Waals surface area contributed by atoms with Gasteiger partial charge in [0.25, 0.3) is 0 Å². The fraction of sp³-hybridized carbons (Fsp3) is 0.250. The SMILES string of the molecule is Cc1ccc(CCc2c(C(=O)O)sc3ncc(C)n23)cc1. The Balaban J connectivity index is 1.94. The number of aromatic carboxylic acids is 1. The highest BCUT2D eigenvalue weighted by Crippen LogP contribution is 2.25. The van der Waals surface area contributed by atoms with Crippen molar-refractivity contribution < 1.29 is 9.90 Å². The molecular formula is C16H16N2O2S. The quantitative estimate of drug-likeness (QED) is 0.802. The lowest BCUT2D eigenvalue weighted by Crippen LogP contribution is -2.04. The lowest BCUT2D eigenvalue weighted by molar-refractivity contribution is 0.0700. The van der Waals surface area contributed by atoms with Crippen LogP contribution in [0.3, 0.4) is 0 Å². The van der Waals surface area contributed by atoms with E-state index < -0.39 is 5.97 Å². The second-order valence-corrected chi connectivity index (χ2v) is 6.16. The molecule has 3 aromatic rings. The minimum Gasteiger partial charge on any atom is -0.477 e. The first-order chi connectivity index (χ1) is 10.1. The van der Waals surface area contributed by atoms with E-state index in [0.29, 0.717) is 11.3 Å². The summed E-state index contributed by atoms with van der Waals surface area (Å²) in [6.45, 7) is 4.01. The van der Waals surface area contributed by atoms with Gasteiger partial charge in [0.15, 0.2) is 4.96 Å². The zero-order valence-corrected chi connectivity index (χ0v) is 12.8. The molecule has 0 aliphatic carbocycles. The fourth-order valence-electron chi connectivity index (χ4n) is 2.48. The van der Waals surface area contributed by atoms with Crippen LogP contribution in [0.2, 0.25) is 0 Å². The molecule has 2 heterocycles. The molecule has 21 heavy (non-hydrogen) atoms. The number of imidazole rings is 1. The summed E-state index contributed by atoms with van der Waals surface area (Å²) >= 11 is 1.24. The number of carboxylic acids is 1. The molecule has 0 bridgehead atoms. The van der Waals surface area contributed by atoms with E-state index in [0.717, 1.165) is 22.8 Å². The lowest BCUT2D eigenvalue weighted by Gasteiger charge is -2.05. The van der Waals surface area contributed by atoms with Crippen LogP contribution in [0.15, 0.2) is 30.5 Å². The van der Waals surface area contributed by atoms with Gasteiger partial charge in [-0.25, -0.2) is 9.78 Å². The summed E-state index contributed by atoms with van der Waals surface area (Å²) < 4.78 is 1.96. The van der Waals surface area contributed by atoms with Crippen LogP contribution in [0, 0.1) is 13.8 Å². The second kappa shape index (κ2) is 5.33. The van der Waals surface area contributed by atoms with Crippen molar-refractivity contribution in [2.24, 2.45) is 0 Å². The topological polar surface area (TPSA) is 54.6 Å². The Morgan fingerprint density at radius 2 is 1.95 bits per heavy atom. The summed E-state index contributed by atoms with van der Waals surface area (Å²) in [4.78, 5) is 16.8. The third-order valence-corrected chi connectivity index (χ3v) is 4.68. The molecule has 0 unspecified atom stereocenters. The minimum absolute atomic E-state index is 0.397. The van der Waals surface area contributed by atoms with Crippen LogP contribution in [-0.4, -0.2) is 20.5 Å². The van der Waals surface area contributed by atoms with Gasteiger partial charge in [0.05, 0.1) is 5.69 Å². The molecule has 0 spiro atoms. The van der Waals surface area contributed by atoms with Crippen molar-refractivity contribution in [2.75, 3.05) is 0 Å². The third-order valence-electron chi connectivity index (χ3n) is 3.60. The zero-order valence-electron chi connectivity index (χ0n) is 12.0. The van der Waals surface area contributed by atoms with Gasteiger partial charge >= 0.3 is 5.97 Å². The molecule has 0 amide bonds. The number of aryl methyl sites for hydroxylation is 4. The molecule has 1 aromatic carbocycles. The van der Waals surface area contributed by atoms with Crippen LogP contribution < -0.4 is 0 Å². The van der Waals surface area contributed by atoms with Gasteiger partial charge in [-0.3, -0.25) is 4.40 Å². The first kappa shape index (κ1) is 13.8. The van der Waals surface area contributed by atoms with Crippen LogP contribution in [0.4, 0.5) is 0 Å². The van der Waals surface area contributed by atoms with E-state index in [4.69, 9.17) is 0 Å². The van der Waals surface area contributed by atoms with Crippen LogP contribution in [0.25, 0.3) is 4.96 Å². The van der Waals surface area contributed by atoms with Crippen molar-refractivity contribution in [1.82, 2.24) is 9.38 Å². The standard InChI is InChI=1S/C16H16N2O2S/c1-10-3-5-12(6-4-10)7-8-13-14(15(19)20)21-16-17-9-11(2)18(13)16/h3-6,9H,7-8H2,1-2H3,(H,19,20). The Morgan fingerprint density at radius 1 is 1.24 bits per heavy atom. The van der Waals surface area contributed by atoms with Crippen LogP contribution >= 0.6 is 11.3 Å². The number of fused-ring (bicyclic) bond motifs is 1. The summed E-state index contributed by atoms with van der Waals surface area (Å²) in [5, 5.41) is 9.38. The zero-order chi connectivity index (χ0) is 15.0. The van der Waals surface area contributed by atoms with Crippen molar-refractivity contribution in [1.29, 1.82) is 0 Å². The summed E-state index contributed by atoms with van der Waals surface area (Å²) in [5.74, 6) is -0.871. The van der Waals surface area contributed by atoms with Gasteiger partial charge in [-0.15, -0.1) is 0 Å². The molecule has 108 valence electrons. The van der Waals surface area contributed by atoms with E-state index in [9.17, 15) is 9.90 Å². The Morgan fingerprint density at radius 3 is 2.62 bits per heavy atom. The second-order valence-electron chi connectivity index (χ2n) is 5.19. The highest BCUT2D eigenvalue weighted by atomic mass is 32.1. The maximum atomic E-state index is 11.4. The van der Waals surface area contributed by atoms with Crippen LogP contribution in [-0.2, 0) is 12.8 Å². The van der Waals surface area contributed by atoms with Gasteiger partial charge in [0.1, 0.15) is 4.88 Å². The smallest absolute Gasteiger partial charge is 0.347 e. The largest absolute Gasteiger partial charge is 0.477 e. The number of hydrogen-bond donors (Lipinski definition) is 1. The first-order valence-electron chi connectivity index (χ1n) is 6.81. The molecule has 2 aromatic heterocycles. The maximum Gasteiger partial charge on any atom is 0.347 e. The molecule has 0 fully saturated rings. The van der Waals surface area contributed by atoms with E-state index in [-0.39, 0.29) is 0 Å². The van der Waals surface area contributed by atoms with Crippen LogP contribution in [0.5, 0.6) is 0 Å². The molecule has 0 saturated heterocycles. The molecule has 4 nitrogen and oxygen atoms in total. The van der Waals surface area contributed by atoms with E-state index >= 15 is 0 Å². The molecule has 0 radical (unpaired) electrons. The predicted molar refractivity (Wildman–Crippen MR) is 83.4 cm³/mol. The molecule has 5 heteroatoms. The molecule has 0 atom stereocenters. The number of carbonyl (C=O) groups is 1. The van der Waals surface area contributed by atoms with Gasteiger partial charge in [-0.05, 0) is 32.3 Å². The number of hydrogen-bond acceptors (Lipinski definition) is 3. The highest BCUT2D eigenvalue weighted by molar-refractivity contribution is 7.19. The molecule has 3 rings (SSSR count). The summed E-state index contributed by atoms with van der Waals surface area (Å²) in [6, 6.07) is 8.36. The van der Waals surface area contributed by atoms with Gasteiger partial charge < -0.3 is 5.11 Å². The van der Waals surface area contributed by atoms with Crippen molar-refractivity contribution in [2.45, 2.75) is 26.7 Å². The summed E-state index contributed by atoms with van der Waals surface area (Å²) in [7, 11) is 0. The Labute approximate surface area is 126 Å². The first-order valence-corrected chi connectivity index (χ1v) is 7.62. The number of rotatable bonds is 4. The molecule has 0 aliphatic rings. The fourth-order valence-corrected chi connectivity index (χ4v) is 3.51. The van der Waals surface area contributed by atoms with Gasteiger partial charge in [-0.1, -0.05) is 41.2 Å². The van der Waals surface area contributed by atoms with E-state index in [1.165, 1.54) is 22.5 Å². The highest BCUT2D eigenvalue weighted by Gasteiger charge is 2.19. The number of benzene rings is 1. The average Bonchev–Trinajstić information content (AvgIpc) is 2.99. The molecule has 0 saturated carbocycles. The lowest BCUT2D eigenvalue weighted by atomic mass is 10.1. The summed E-state index contributed by atoms with van der Waals surface area (Å²) in [5.41, 5.74) is 4.27. The Hall–Kier alpha value is -2.14. The van der Waals surface area contributed by atoms with Gasteiger partial charge in [0.2, 0.25) is 0 Å². The van der Waals surface area contributed by atoms with Crippen molar-refractivity contribution in [3.63, 3.8) is 0 Å². The number of carboxylic acid groups (broad SMARTS) is 1. The average molecular weight is 300 g/mol. The van der Waals surface area contributed by atoms with Crippen molar-refractivity contribution >= 4 is 22.3 Å². The predicted octanol–water partition coefficient (Wildman–Crippen LogP) is 3.50. The monoisotopic (exact) mass is 300 g/mol. The number of aromatic nitrogens is 2. The molecular weight excluding hydrogens is 284 g/mol. The van der Waals surface area contributed by atoms with Crippen molar-refractivity contribution in [3.05, 3.63) is 57.9 Å². The molecule has 1 N–H and O–H groups in total. The minimum atomic E-state index is -0.871. The van der Waals surface area contributed by atoms with Gasteiger partial charge in [-0.2, -0.15) is 0 Å². The van der Waals surface area contributed by atoms with E-state index in [1.54, 1.807) is 6.20 Å². The Kier molecular flexibility index (Phi) is 3.51. The maximum absolute atomic E-state index is 11.4. The van der Waals surface area contributed by atoms with Crippen LogP contribution in [0.1, 0.15) is 32.2 Å². The Bertz CT molecular complexity index is 800. The van der Waals surface area contributed by atoms with Crippen molar-refractivity contribution in [3.8, 4) is 0 Å². The number of nitrogens with zero attached hydrogens (tertiary/aromatic N) is 2. The van der Waals surface area contributed by atoms with E-state index in [2.05, 4.69) is 36.2 Å².